The van der Waals surface area contributed by atoms with Crippen molar-refractivity contribution in [2.24, 2.45) is 0 Å². The number of benzene rings is 1. The van der Waals surface area contributed by atoms with E-state index in [-0.39, 0.29) is 11.3 Å². The first-order valence-corrected chi connectivity index (χ1v) is 6.52. The number of carbonyl (C=O) groups excluding carboxylic acids is 1. The monoisotopic (exact) mass is 297 g/mol. The van der Waals surface area contributed by atoms with E-state index in [1.807, 2.05) is 24.3 Å². The Labute approximate surface area is 110 Å². The Morgan fingerprint density at radius 3 is 2.88 bits per heavy atom. The van der Waals surface area contributed by atoms with Crippen LogP contribution in [0.2, 0.25) is 0 Å². The third kappa shape index (κ3) is 2.69. The standard InChI is InChI=1S/C13H16BrNO2/c1-17-8-7-15-12(16)13(5-6-13)10-3-2-4-11(14)9-10/h2-4,9H,5-8H2,1H3,(H,15,16). The van der Waals surface area contributed by atoms with E-state index in [4.69, 9.17) is 4.74 Å². The van der Waals surface area contributed by atoms with Crippen molar-refractivity contribution in [3.05, 3.63) is 34.3 Å². The molecule has 1 N–H and O–H groups in total. The number of hydrogen-bond acceptors (Lipinski definition) is 2. The molecule has 0 spiro atoms. The fraction of sp³-hybridized carbons (Fsp3) is 0.462. The van der Waals surface area contributed by atoms with Crippen molar-refractivity contribution < 1.29 is 9.53 Å². The van der Waals surface area contributed by atoms with Crippen LogP contribution in [0.4, 0.5) is 0 Å². The molecule has 0 atom stereocenters. The number of rotatable bonds is 5. The zero-order valence-electron chi connectivity index (χ0n) is 9.83. The van der Waals surface area contributed by atoms with Gasteiger partial charge in [-0.1, -0.05) is 28.1 Å². The Morgan fingerprint density at radius 2 is 2.29 bits per heavy atom. The molecule has 4 heteroatoms. The molecular weight excluding hydrogens is 282 g/mol. The number of amides is 1. The zero-order chi connectivity index (χ0) is 12.3. The van der Waals surface area contributed by atoms with E-state index in [2.05, 4.69) is 21.2 Å². The summed E-state index contributed by atoms with van der Waals surface area (Å²) in [7, 11) is 1.63. The molecule has 1 amide bonds. The summed E-state index contributed by atoms with van der Waals surface area (Å²) in [5, 5.41) is 2.93. The van der Waals surface area contributed by atoms with Crippen LogP contribution in [0.1, 0.15) is 18.4 Å². The quantitative estimate of drug-likeness (QED) is 0.847. The molecule has 3 nitrogen and oxygen atoms in total. The zero-order valence-corrected chi connectivity index (χ0v) is 11.4. The number of halogens is 1. The summed E-state index contributed by atoms with van der Waals surface area (Å²) in [6.07, 6.45) is 1.87. The van der Waals surface area contributed by atoms with Gasteiger partial charge in [0, 0.05) is 18.1 Å². The minimum absolute atomic E-state index is 0.118. The second-order valence-electron chi connectivity index (χ2n) is 4.34. The molecule has 0 aliphatic heterocycles. The van der Waals surface area contributed by atoms with Crippen molar-refractivity contribution in [3.63, 3.8) is 0 Å². The number of ether oxygens (including phenoxy) is 1. The molecule has 0 saturated heterocycles. The van der Waals surface area contributed by atoms with Crippen molar-refractivity contribution in [2.75, 3.05) is 20.3 Å². The number of hydrogen-bond donors (Lipinski definition) is 1. The van der Waals surface area contributed by atoms with Crippen molar-refractivity contribution in [1.82, 2.24) is 5.32 Å². The topological polar surface area (TPSA) is 38.3 Å². The maximum atomic E-state index is 12.1. The van der Waals surface area contributed by atoms with E-state index in [0.29, 0.717) is 13.2 Å². The van der Waals surface area contributed by atoms with E-state index in [0.717, 1.165) is 22.9 Å². The van der Waals surface area contributed by atoms with Gasteiger partial charge in [0.2, 0.25) is 5.91 Å². The fourth-order valence-electron chi connectivity index (χ4n) is 1.99. The molecular formula is C13H16BrNO2. The van der Waals surface area contributed by atoms with Gasteiger partial charge in [0.05, 0.1) is 12.0 Å². The molecule has 1 aliphatic rings. The Bertz CT molecular complexity index is 416. The number of nitrogens with one attached hydrogen (secondary N) is 1. The average molecular weight is 298 g/mol. The first kappa shape index (κ1) is 12.6. The van der Waals surface area contributed by atoms with Crippen LogP contribution in [0.25, 0.3) is 0 Å². The van der Waals surface area contributed by atoms with Crippen molar-refractivity contribution in [2.45, 2.75) is 18.3 Å². The maximum absolute atomic E-state index is 12.1. The number of methoxy groups -OCH3 is 1. The van der Waals surface area contributed by atoms with E-state index in [1.165, 1.54) is 0 Å². The van der Waals surface area contributed by atoms with Gasteiger partial charge in [-0.3, -0.25) is 4.79 Å². The molecule has 0 radical (unpaired) electrons. The molecule has 0 unspecified atom stereocenters. The Balaban J connectivity index is 2.06. The first-order valence-electron chi connectivity index (χ1n) is 5.72. The summed E-state index contributed by atoms with van der Waals surface area (Å²) < 4.78 is 5.95. The number of carbonyl (C=O) groups is 1. The van der Waals surface area contributed by atoms with Crippen molar-refractivity contribution in [1.29, 1.82) is 0 Å². The van der Waals surface area contributed by atoms with Crippen molar-refractivity contribution in [3.8, 4) is 0 Å². The SMILES string of the molecule is COCCNC(=O)C1(c2cccc(Br)c2)CC1. The molecule has 1 saturated carbocycles. The van der Waals surface area contributed by atoms with E-state index >= 15 is 0 Å². The van der Waals surface area contributed by atoms with Gasteiger partial charge in [-0.2, -0.15) is 0 Å². The Hall–Kier alpha value is -0.870. The van der Waals surface area contributed by atoms with Gasteiger partial charge in [-0.25, -0.2) is 0 Å². The molecule has 2 rings (SSSR count). The van der Waals surface area contributed by atoms with Crippen LogP contribution in [-0.2, 0) is 14.9 Å². The van der Waals surface area contributed by atoms with Gasteiger partial charge in [-0.05, 0) is 30.5 Å². The molecule has 1 aromatic rings. The van der Waals surface area contributed by atoms with Crippen LogP contribution < -0.4 is 5.32 Å². The van der Waals surface area contributed by atoms with Crippen LogP contribution in [0.3, 0.4) is 0 Å². The summed E-state index contributed by atoms with van der Waals surface area (Å²) in [5.41, 5.74) is 0.805. The Kier molecular flexibility index (Phi) is 3.84. The van der Waals surface area contributed by atoms with E-state index in [1.54, 1.807) is 7.11 Å². The van der Waals surface area contributed by atoms with Crippen LogP contribution >= 0.6 is 15.9 Å². The van der Waals surface area contributed by atoms with E-state index in [9.17, 15) is 4.79 Å². The maximum Gasteiger partial charge on any atom is 0.230 e. The lowest BCUT2D eigenvalue weighted by atomic mass is 9.95. The molecule has 1 aromatic carbocycles. The highest BCUT2D eigenvalue weighted by atomic mass is 79.9. The van der Waals surface area contributed by atoms with Gasteiger partial charge in [-0.15, -0.1) is 0 Å². The Morgan fingerprint density at radius 1 is 1.53 bits per heavy atom. The van der Waals surface area contributed by atoms with Gasteiger partial charge < -0.3 is 10.1 Å². The second kappa shape index (κ2) is 5.19. The summed E-state index contributed by atoms with van der Waals surface area (Å²) in [4.78, 5) is 12.1. The summed E-state index contributed by atoms with van der Waals surface area (Å²) in [6.45, 7) is 1.13. The van der Waals surface area contributed by atoms with Crippen LogP contribution in [0, 0.1) is 0 Å². The summed E-state index contributed by atoms with van der Waals surface area (Å²) >= 11 is 3.44. The van der Waals surface area contributed by atoms with Gasteiger partial charge >= 0.3 is 0 Å². The normalized spacial score (nSPS) is 16.6. The second-order valence-corrected chi connectivity index (χ2v) is 5.26. The largest absolute Gasteiger partial charge is 0.383 e. The fourth-order valence-corrected chi connectivity index (χ4v) is 2.39. The smallest absolute Gasteiger partial charge is 0.230 e. The van der Waals surface area contributed by atoms with Gasteiger partial charge in [0.15, 0.2) is 0 Å². The molecule has 1 fully saturated rings. The van der Waals surface area contributed by atoms with E-state index < -0.39 is 0 Å². The van der Waals surface area contributed by atoms with Crippen molar-refractivity contribution >= 4 is 21.8 Å². The predicted octanol–water partition coefficient (Wildman–Crippen LogP) is 2.24. The minimum Gasteiger partial charge on any atom is -0.383 e. The summed E-state index contributed by atoms with van der Waals surface area (Å²) in [6, 6.07) is 8.00. The molecule has 0 heterocycles. The molecule has 17 heavy (non-hydrogen) atoms. The molecule has 1 aliphatic carbocycles. The van der Waals surface area contributed by atoms with Crippen LogP contribution in [0.15, 0.2) is 28.7 Å². The summed E-state index contributed by atoms with van der Waals surface area (Å²) in [5.74, 6) is 0.118. The third-order valence-corrected chi connectivity index (χ3v) is 3.65. The highest BCUT2D eigenvalue weighted by Gasteiger charge is 2.51. The van der Waals surface area contributed by atoms with Crippen LogP contribution in [-0.4, -0.2) is 26.2 Å². The predicted molar refractivity (Wildman–Crippen MR) is 69.9 cm³/mol. The lowest BCUT2D eigenvalue weighted by Gasteiger charge is -2.15. The molecule has 0 bridgehead atoms. The van der Waals surface area contributed by atoms with Gasteiger partial charge in [0.1, 0.15) is 0 Å². The van der Waals surface area contributed by atoms with Gasteiger partial charge in [0.25, 0.3) is 0 Å². The van der Waals surface area contributed by atoms with Crippen LogP contribution in [0.5, 0.6) is 0 Å². The first-order chi connectivity index (χ1) is 8.19. The highest BCUT2D eigenvalue weighted by Crippen LogP contribution is 2.48. The highest BCUT2D eigenvalue weighted by molar-refractivity contribution is 9.10. The molecule has 92 valence electrons. The lowest BCUT2D eigenvalue weighted by molar-refractivity contribution is -0.123. The minimum atomic E-state index is -0.294. The third-order valence-electron chi connectivity index (χ3n) is 3.15. The average Bonchev–Trinajstić information content (AvgIpc) is 3.10. The lowest BCUT2D eigenvalue weighted by Crippen LogP contribution is -2.36. The molecule has 0 aromatic heterocycles.